The molecule has 3 nitrogen and oxygen atoms in total. The van der Waals surface area contributed by atoms with Gasteiger partial charge in [0.1, 0.15) is 5.60 Å². The first-order valence-electron chi connectivity index (χ1n) is 9.39. The molecule has 0 bridgehead atoms. The number of thioether (sulfide) groups is 1. The van der Waals surface area contributed by atoms with Gasteiger partial charge in [-0.1, -0.05) is 12.1 Å². The summed E-state index contributed by atoms with van der Waals surface area (Å²) in [4.78, 5) is 6.44. The Morgan fingerprint density at radius 2 is 1.75 bits per heavy atom. The largest absolute Gasteiger partial charge is 0.493 e. The molecule has 0 saturated heterocycles. The minimum Gasteiger partial charge on any atom is -0.493 e. The van der Waals surface area contributed by atoms with Gasteiger partial charge in [-0.2, -0.15) is 0 Å². The molecular formula is C23H28ClNO2S. The van der Waals surface area contributed by atoms with Gasteiger partial charge < -0.3 is 9.47 Å². The number of rotatable bonds is 3. The Morgan fingerprint density at radius 1 is 1.07 bits per heavy atom. The molecule has 2 heterocycles. The van der Waals surface area contributed by atoms with Gasteiger partial charge in [0, 0.05) is 28.0 Å². The molecule has 0 atom stereocenters. The monoisotopic (exact) mass is 417 g/mol. The predicted molar refractivity (Wildman–Crippen MR) is 120 cm³/mol. The summed E-state index contributed by atoms with van der Waals surface area (Å²) in [5, 5.41) is 0. The van der Waals surface area contributed by atoms with E-state index >= 15 is 0 Å². The standard InChI is InChI=1S/C23H27NO2S.ClH/c1-22(2)12-15-11-18(25-5)21-17(13-23(3,4)26-21)19(15)20(24-22)14-7-9-16(27-6)10-8-14;/h7-11H,12-13H2,1-6H3;1H. The number of methoxy groups -OCH3 is 1. The molecular weight excluding hydrogens is 390 g/mol. The van der Waals surface area contributed by atoms with E-state index in [0.717, 1.165) is 30.1 Å². The minimum absolute atomic E-state index is 0. The molecule has 150 valence electrons. The second-order valence-electron chi connectivity index (χ2n) is 8.64. The summed E-state index contributed by atoms with van der Waals surface area (Å²) in [6.45, 7) is 8.67. The van der Waals surface area contributed by atoms with Crippen molar-refractivity contribution in [2.24, 2.45) is 4.99 Å². The average molecular weight is 418 g/mol. The Hall–Kier alpha value is -1.65. The van der Waals surface area contributed by atoms with Crippen LogP contribution in [0.5, 0.6) is 11.5 Å². The minimum atomic E-state index is -0.231. The molecule has 4 rings (SSSR count). The zero-order chi connectivity index (χ0) is 19.4. The highest BCUT2D eigenvalue weighted by Crippen LogP contribution is 2.47. The summed E-state index contributed by atoms with van der Waals surface area (Å²) < 4.78 is 12.0. The molecule has 0 aromatic heterocycles. The lowest BCUT2D eigenvalue weighted by Crippen LogP contribution is -2.30. The molecule has 0 spiro atoms. The quantitative estimate of drug-likeness (QED) is 0.598. The molecule has 28 heavy (non-hydrogen) atoms. The summed E-state index contributed by atoms with van der Waals surface area (Å²) in [6, 6.07) is 10.9. The Morgan fingerprint density at radius 3 is 2.36 bits per heavy atom. The van der Waals surface area contributed by atoms with Crippen LogP contribution in [0.25, 0.3) is 0 Å². The maximum Gasteiger partial charge on any atom is 0.166 e. The smallest absolute Gasteiger partial charge is 0.166 e. The van der Waals surface area contributed by atoms with Gasteiger partial charge in [0.05, 0.1) is 18.4 Å². The molecule has 0 N–H and O–H groups in total. The van der Waals surface area contributed by atoms with E-state index in [1.165, 1.54) is 27.1 Å². The van der Waals surface area contributed by atoms with Gasteiger partial charge in [0.15, 0.2) is 11.5 Å². The SMILES string of the molecule is COc1cc2c(c3c1OC(C)(C)C3)C(c1ccc(SC)cc1)=NC(C)(C)C2.Cl. The maximum absolute atomic E-state index is 6.27. The summed E-state index contributed by atoms with van der Waals surface area (Å²) >= 11 is 1.76. The van der Waals surface area contributed by atoms with Crippen LogP contribution in [-0.2, 0) is 12.8 Å². The first-order chi connectivity index (χ1) is 12.7. The van der Waals surface area contributed by atoms with Gasteiger partial charge in [-0.15, -0.1) is 24.2 Å². The first-order valence-corrected chi connectivity index (χ1v) is 10.6. The summed E-state index contributed by atoms with van der Waals surface area (Å²) in [6.07, 6.45) is 3.87. The predicted octanol–water partition coefficient (Wildman–Crippen LogP) is 5.72. The van der Waals surface area contributed by atoms with Crippen molar-refractivity contribution in [2.75, 3.05) is 13.4 Å². The van der Waals surface area contributed by atoms with E-state index in [1.807, 2.05) is 0 Å². The molecule has 2 aliphatic heterocycles. The highest BCUT2D eigenvalue weighted by Gasteiger charge is 2.39. The van der Waals surface area contributed by atoms with Crippen LogP contribution in [-0.4, -0.2) is 30.2 Å². The van der Waals surface area contributed by atoms with Crippen molar-refractivity contribution in [1.82, 2.24) is 0 Å². The van der Waals surface area contributed by atoms with Crippen LogP contribution in [0.1, 0.15) is 49.9 Å². The highest BCUT2D eigenvalue weighted by atomic mass is 35.5. The van der Waals surface area contributed by atoms with Crippen molar-refractivity contribution in [2.45, 2.75) is 56.6 Å². The number of benzene rings is 2. The molecule has 0 saturated carbocycles. The van der Waals surface area contributed by atoms with E-state index in [9.17, 15) is 0 Å². The molecule has 2 aromatic rings. The molecule has 2 aromatic carbocycles. The van der Waals surface area contributed by atoms with E-state index in [4.69, 9.17) is 14.5 Å². The third kappa shape index (κ3) is 3.65. The number of fused-ring (bicyclic) bond motifs is 3. The van der Waals surface area contributed by atoms with Crippen LogP contribution in [0, 0.1) is 0 Å². The van der Waals surface area contributed by atoms with Crippen molar-refractivity contribution in [3.63, 3.8) is 0 Å². The molecule has 0 aliphatic carbocycles. The third-order valence-electron chi connectivity index (χ3n) is 5.26. The van der Waals surface area contributed by atoms with Gasteiger partial charge in [0.25, 0.3) is 0 Å². The summed E-state index contributed by atoms with van der Waals surface area (Å²) in [5.74, 6) is 1.72. The molecule has 0 fully saturated rings. The van der Waals surface area contributed by atoms with Crippen molar-refractivity contribution in [3.05, 3.63) is 52.6 Å². The Bertz CT molecular complexity index is 933. The topological polar surface area (TPSA) is 30.8 Å². The second kappa shape index (κ2) is 7.31. The summed E-state index contributed by atoms with van der Waals surface area (Å²) in [5.41, 5.74) is 5.65. The van der Waals surface area contributed by atoms with Gasteiger partial charge in [-0.05, 0) is 64.1 Å². The fraction of sp³-hybridized carbons (Fsp3) is 0.435. The van der Waals surface area contributed by atoms with Crippen LogP contribution >= 0.6 is 24.2 Å². The maximum atomic E-state index is 6.27. The number of hydrogen-bond acceptors (Lipinski definition) is 4. The molecule has 0 unspecified atom stereocenters. The zero-order valence-electron chi connectivity index (χ0n) is 17.4. The van der Waals surface area contributed by atoms with Crippen LogP contribution in [0.3, 0.4) is 0 Å². The van der Waals surface area contributed by atoms with Gasteiger partial charge in [0.2, 0.25) is 0 Å². The van der Waals surface area contributed by atoms with Crippen molar-refractivity contribution < 1.29 is 9.47 Å². The van der Waals surface area contributed by atoms with Crippen LogP contribution in [0.4, 0.5) is 0 Å². The number of hydrogen-bond donors (Lipinski definition) is 0. The Labute approximate surface area is 178 Å². The second-order valence-corrected chi connectivity index (χ2v) is 9.52. The lowest BCUT2D eigenvalue weighted by Gasteiger charge is -2.31. The van der Waals surface area contributed by atoms with E-state index < -0.39 is 0 Å². The van der Waals surface area contributed by atoms with Gasteiger partial charge >= 0.3 is 0 Å². The van der Waals surface area contributed by atoms with E-state index in [2.05, 4.69) is 64.3 Å². The van der Waals surface area contributed by atoms with Crippen molar-refractivity contribution in [1.29, 1.82) is 0 Å². The molecule has 0 radical (unpaired) electrons. The van der Waals surface area contributed by atoms with E-state index in [-0.39, 0.29) is 23.5 Å². The Kier molecular flexibility index (Phi) is 5.50. The van der Waals surface area contributed by atoms with Crippen LogP contribution in [0.2, 0.25) is 0 Å². The van der Waals surface area contributed by atoms with Gasteiger partial charge in [-0.25, -0.2) is 0 Å². The van der Waals surface area contributed by atoms with Crippen molar-refractivity contribution in [3.8, 4) is 11.5 Å². The van der Waals surface area contributed by atoms with Crippen LogP contribution in [0.15, 0.2) is 40.2 Å². The Balaban J connectivity index is 0.00000225. The lowest BCUT2D eigenvalue weighted by molar-refractivity contribution is 0.134. The van der Waals surface area contributed by atoms with E-state index in [1.54, 1.807) is 18.9 Å². The zero-order valence-corrected chi connectivity index (χ0v) is 19.0. The molecule has 2 aliphatic rings. The third-order valence-corrected chi connectivity index (χ3v) is 6.01. The van der Waals surface area contributed by atoms with E-state index in [0.29, 0.717) is 0 Å². The fourth-order valence-electron chi connectivity index (χ4n) is 4.18. The number of halogens is 1. The average Bonchev–Trinajstić information content (AvgIpc) is 2.94. The number of aliphatic imine (C=N–C) groups is 1. The molecule has 5 heteroatoms. The fourth-order valence-corrected chi connectivity index (χ4v) is 4.59. The van der Waals surface area contributed by atoms with Crippen molar-refractivity contribution >= 4 is 29.9 Å². The highest BCUT2D eigenvalue weighted by molar-refractivity contribution is 7.98. The summed E-state index contributed by atoms with van der Waals surface area (Å²) in [7, 11) is 1.72. The first kappa shape index (κ1) is 21.1. The lowest BCUT2D eigenvalue weighted by atomic mass is 9.81. The normalized spacial score (nSPS) is 18.3. The number of ether oxygens (including phenoxy) is 2. The molecule has 0 amide bonds. The van der Waals surface area contributed by atoms with Crippen LogP contribution < -0.4 is 9.47 Å². The number of nitrogens with zero attached hydrogens (tertiary/aromatic N) is 1. The van der Waals surface area contributed by atoms with Gasteiger partial charge in [-0.3, -0.25) is 4.99 Å².